The number of rotatable bonds is 5. The monoisotopic (exact) mass is 407 g/mol. The first kappa shape index (κ1) is 20.3. The Labute approximate surface area is 176 Å². The Hall–Kier alpha value is -2.99. The van der Waals surface area contributed by atoms with Crippen LogP contribution in [0.1, 0.15) is 25.0 Å². The SMILES string of the molecule is CCc1ccc(N2C(=O)C(c3ccc(F)cc3)=C(N3CCN(CC)CC3)C2=O)cc1. The van der Waals surface area contributed by atoms with E-state index in [1.165, 1.54) is 17.0 Å². The average Bonchev–Trinajstić information content (AvgIpc) is 3.04. The van der Waals surface area contributed by atoms with Crippen LogP contribution < -0.4 is 4.90 Å². The Morgan fingerprint density at radius 2 is 1.47 bits per heavy atom. The van der Waals surface area contributed by atoms with Crippen molar-refractivity contribution >= 4 is 23.1 Å². The topological polar surface area (TPSA) is 43.9 Å². The largest absolute Gasteiger partial charge is 0.364 e. The molecular weight excluding hydrogens is 381 g/mol. The third kappa shape index (κ3) is 3.63. The number of amides is 2. The van der Waals surface area contributed by atoms with E-state index in [4.69, 9.17) is 0 Å². The van der Waals surface area contributed by atoms with Gasteiger partial charge in [0.2, 0.25) is 0 Å². The number of likely N-dealkylation sites (N-methyl/N-ethyl adjacent to an activating group) is 1. The molecule has 2 aliphatic heterocycles. The van der Waals surface area contributed by atoms with Gasteiger partial charge >= 0.3 is 0 Å². The van der Waals surface area contributed by atoms with E-state index < -0.39 is 0 Å². The summed E-state index contributed by atoms with van der Waals surface area (Å²) in [6, 6.07) is 13.3. The molecule has 5 nitrogen and oxygen atoms in total. The first-order chi connectivity index (χ1) is 14.5. The molecule has 0 N–H and O–H groups in total. The van der Waals surface area contributed by atoms with Gasteiger partial charge in [-0.15, -0.1) is 0 Å². The highest BCUT2D eigenvalue weighted by molar-refractivity contribution is 6.45. The van der Waals surface area contributed by atoms with Gasteiger partial charge < -0.3 is 9.80 Å². The van der Waals surface area contributed by atoms with Crippen molar-refractivity contribution in [2.24, 2.45) is 0 Å². The maximum absolute atomic E-state index is 13.5. The zero-order valence-corrected chi connectivity index (χ0v) is 17.4. The fourth-order valence-electron chi connectivity index (χ4n) is 4.09. The van der Waals surface area contributed by atoms with Crippen molar-refractivity contribution < 1.29 is 14.0 Å². The van der Waals surface area contributed by atoms with Gasteiger partial charge in [-0.05, 0) is 48.4 Å². The molecule has 4 rings (SSSR count). The minimum absolute atomic E-state index is 0.312. The van der Waals surface area contributed by atoms with E-state index in [-0.39, 0.29) is 17.6 Å². The van der Waals surface area contributed by atoms with Crippen molar-refractivity contribution in [2.75, 3.05) is 37.6 Å². The Morgan fingerprint density at radius 1 is 0.833 bits per heavy atom. The van der Waals surface area contributed by atoms with E-state index in [1.54, 1.807) is 12.1 Å². The van der Waals surface area contributed by atoms with Crippen LogP contribution >= 0.6 is 0 Å². The molecule has 1 fully saturated rings. The van der Waals surface area contributed by atoms with Gasteiger partial charge in [0.05, 0.1) is 11.3 Å². The lowest BCUT2D eigenvalue weighted by Gasteiger charge is -2.36. The summed E-state index contributed by atoms with van der Waals surface area (Å²) in [5.74, 6) is -1.04. The van der Waals surface area contributed by atoms with Crippen LogP contribution in [0.3, 0.4) is 0 Å². The Kier molecular flexibility index (Phi) is 5.68. The minimum atomic E-state index is -0.374. The first-order valence-electron chi connectivity index (χ1n) is 10.5. The summed E-state index contributed by atoms with van der Waals surface area (Å²) in [6.07, 6.45) is 0.883. The molecular formula is C24H26FN3O2. The number of benzene rings is 2. The van der Waals surface area contributed by atoms with Gasteiger partial charge in [0, 0.05) is 26.2 Å². The van der Waals surface area contributed by atoms with Crippen molar-refractivity contribution in [3.63, 3.8) is 0 Å². The number of hydrogen-bond donors (Lipinski definition) is 0. The molecule has 156 valence electrons. The van der Waals surface area contributed by atoms with Crippen LogP contribution in [0, 0.1) is 5.82 Å². The summed E-state index contributed by atoms with van der Waals surface area (Å²) < 4.78 is 13.5. The number of imide groups is 1. The van der Waals surface area contributed by atoms with Crippen LogP contribution in [-0.4, -0.2) is 54.3 Å². The molecule has 2 aromatic carbocycles. The van der Waals surface area contributed by atoms with E-state index in [0.29, 0.717) is 35.6 Å². The number of anilines is 1. The van der Waals surface area contributed by atoms with E-state index in [0.717, 1.165) is 31.6 Å². The van der Waals surface area contributed by atoms with Crippen molar-refractivity contribution in [3.05, 3.63) is 71.2 Å². The second-order valence-electron chi connectivity index (χ2n) is 7.62. The van der Waals surface area contributed by atoms with Crippen molar-refractivity contribution in [2.45, 2.75) is 20.3 Å². The van der Waals surface area contributed by atoms with Crippen LogP contribution in [0.2, 0.25) is 0 Å². The lowest BCUT2D eigenvalue weighted by molar-refractivity contribution is -0.120. The highest BCUT2D eigenvalue weighted by Crippen LogP contribution is 2.35. The fraction of sp³-hybridized carbons (Fsp3) is 0.333. The summed E-state index contributed by atoms with van der Waals surface area (Å²) in [5, 5.41) is 0. The first-order valence-corrected chi connectivity index (χ1v) is 10.5. The second-order valence-corrected chi connectivity index (χ2v) is 7.62. The Balaban J connectivity index is 1.75. The molecule has 0 spiro atoms. The van der Waals surface area contributed by atoms with Gasteiger partial charge in [0.25, 0.3) is 11.8 Å². The Morgan fingerprint density at radius 3 is 2.03 bits per heavy atom. The highest BCUT2D eigenvalue weighted by Gasteiger charge is 2.42. The summed E-state index contributed by atoms with van der Waals surface area (Å²) in [4.78, 5) is 32.5. The van der Waals surface area contributed by atoms with Crippen LogP contribution in [0.25, 0.3) is 5.57 Å². The Bertz CT molecular complexity index is 975. The molecule has 0 aliphatic carbocycles. The molecule has 1 saturated heterocycles. The van der Waals surface area contributed by atoms with Gasteiger partial charge in [-0.1, -0.05) is 38.1 Å². The number of halogens is 1. The van der Waals surface area contributed by atoms with Crippen molar-refractivity contribution in [3.8, 4) is 0 Å². The number of nitrogens with zero attached hydrogens (tertiary/aromatic N) is 3. The van der Waals surface area contributed by atoms with Gasteiger partial charge in [-0.3, -0.25) is 9.59 Å². The summed E-state index contributed by atoms with van der Waals surface area (Å²) in [5.41, 5.74) is 3.03. The van der Waals surface area contributed by atoms with Crippen molar-refractivity contribution in [1.82, 2.24) is 9.80 Å². The minimum Gasteiger partial charge on any atom is -0.364 e. The lowest BCUT2D eigenvalue weighted by atomic mass is 10.0. The maximum Gasteiger partial charge on any atom is 0.282 e. The number of carbonyl (C=O) groups is 2. The zero-order valence-electron chi connectivity index (χ0n) is 17.4. The molecule has 0 unspecified atom stereocenters. The molecule has 2 aromatic rings. The molecule has 0 atom stereocenters. The van der Waals surface area contributed by atoms with Gasteiger partial charge in [-0.2, -0.15) is 0 Å². The molecule has 2 heterocycles. The zero-order chi connectivity index (χ0) is 21.3. The number of carbonyl (C=O) groups excluding carboxylic acids is 2. The maximum atomic E-state index is 13.5. The van der Waals surface area contributed by atoms with Crippen molar-refractivity contribution in [1.29, 1.82) is 0 Å². The number of hydrogen-bond acceptors (Lipinski definition) is 4. The lowest BCUT2D eigenvalue weighted by Crippen LogP contribution is -2.47. The standard InChI is InChI=1S/C24H26FN3O2/c1-3-17-5-11-20(12-6-17)28-23(29)21(18-7-9-19(25)10-8-18)22(24(28)30)27-15-13-26(4-2)14-16-27/h5-12H,3-4,13-16H2,1-2H3. The molecule has 2 aliphatic rings. The summed E-state index contributed by atoms with van der Waals surface area (Å²) >= 11 is 0. The van der Waals surface area contributed by atoms with Gasteiger partial charge in [0.15, 0.2) is 0 Å². The van der Waals surface area contributed by atoms with Gasteiger partial charge in [0.1, 0.15) is 11.5 Å². The van der Waals surface area contributed by atoms with Crippen LogP contribution in [-0.2, 0) is 16.0 Å². The van der Waals surface area contributed by atoms with E-state index in [1.807, 2.05) is 29.2 Å². The van der Waals surface area contributed by atoms with E-state index in [9.17, 15) is 14.0 Å². The predicted molar refractivity (Wildman–Crippen MR) is 115 cm³/mol. The molecule has 2 amide bonds. The fourth-order valence-corrected chi connectivity index (χ4v) is 4.09. The van der Waals surface area contributed by atoms with E-state index in [2.05, 4.69) is 18.7 Å². The predicted octanol–water partition coefficient (Wildman–Crippen LogP) is 3.31. The highest BCUT2D eigenvalue weighted by atomic mass is 19.1. The summed E-state index contributed by atoms with van der Waals surface area (Å²) in [7, 11) is 0. The van der Waals surface area contributed by atoms with Crippen LogP contribution in [0.4, 0.5) is 10.1 Å². The molecule has 0 radical (unpaired) electrons. The number of piperazine rings is 1. The quantitative estimate of drug-likeness (QED) is 0.714. The normalized spacial score (nSPS) is 18.0. The van der Waals surface area contributed by atoms with E-state index >= 15 is 0 Å². The summed E-state index contributed by atoms with van der Waals surface area (Å²) in [6.45, 7) is 8.16. The van der Waals surface area contributed by atoms with Crippen LogP contribution in [0.15, 0.2) is 54.2 Å². The smallest absolute Gasteiger partial charge is 0.282 e. The molecule has 0 bridgehead atoms. The molecule has 6 heteroatoms. The third-order valence-corrected chi connectivity index (χ3v) is 5.93. The second kappa shape index (κ2) is 8.40. The molecule has 0 saturated carbocycles. The third-order valence-electron chi connectivity index (χ3n) is 5.93. The molecule has 0 aromatic heterocycles. The average molecular weight is 407 g/mol. The van der Waals surface area contributed by atoms with Crippen LogP contribution in [0.5, 0.6) is 0 Å². The van der Waals surface area contributed by atoms with Gasteiger partial charge in [-0.25, -0.2) is 9.29 Å². The molecule has 30 heavy (non-hydrogen) atoms. The number of aryl methyl sites for hydroxylation is 1.